The van der Waals surface area contributed by atoms with Crippen molar-refractivity contribution in [1.82, 2.24) is 10.3 Å². The Morgan fingerprint density at radius 1 is 1.09 bits per heavy atom. The Bertz CT molecular complexity index is 1150. The molecule has 1 aliphatic rings. The summed E-state index contributed by atoms with van der Waals surface area (Å²) in [4.78, 5) is 26.9. The molecule has 7 heteroatoms. The first-order valence-electron chi connectivity index (χ1n) is 11.8. The van der Waals surface area contributed by atoms with Crippen molar-refractivity contribution < 1.29 is 14.3 Å². The van der Waals surface area contributed by atoms with Crippen LogP contribution in [0.5, 0.6) is 5.75 Å². The van der Waals surface area contributed by atoms with Gasteiger partial charge in [0.25, 0.3) is 5.91 Å². The van der Waals surface area contributed by atoms with Crippen molar-refractivity contribution in [2.45, 2.75) is 31.7 Å². The first-order valence-corrected chi connectivity index (χ1v) is 12.8. The van der Waals surface area contributed by atoms with Gasteiger partial charge in [-0.25, -0.2) is 5.43 Å². The van der Waals surface area contributed by atoms with Gasteiger partial charge in [0.2, 0.25) is 5.91 Å². The van der Waals surface area contributed by atoms with Gasteiger partial charge in [0, 0.05) is 12.1 Å². The summed E-state index contributed by atoms with van der Waals surface area (Å²) >= 11 is 1.61. The fraction of sp³-hybridized carbons (Fsp3) is 0.250. The minimum atomic E-state index is -0.288. The summed E-state index contributed by atoms with van der Waals surface area (Å²) in [6.45, 7) is 3.41. The third-order valence-electron chi connectivity index (χ3n) is 5.65. The molecule has 0 radical (unpaired) electrons. The SMILES string of the molecule is CCCCOc1ccc(/C=N\NC(=O)c2ccc([C@H]3SCC(=O)N3Cc3ccccc3)cc2)cc1. The third kappa shape index (κ3) is 6.73. The molecule has 0 spiro atoms. The Labute approximate surface area is 210 Å². The smallest absolute Gasteiger partial charge is 0.271 e. The van der Waals surface area contributed by atoms with Crippen LogP contribution < -0.4 is 10.2 Å². The molecule has 6 nitrogen and oxygen atoms in total. The molecular weight excluding hydrogens is 458 g/mol. The molecule has 2 amide bonds. The molecule has 0 aliphatic carbocycles. The van der Waals surface area contributed by atoms with Gasteiger partial charge in [0.05, 0.1) is 18.6 Å². The van der Waals surface area contributed by atoms with Crippen LogP contribution in [0, 0.1) is 0 Å². The molecule has 0 unspecified atom stereocenters. The largest absolute Gasteiger partial charge is 0.494 e. The Kier molecular flexibility index (Phi) is 8.57. The Morgan fingerprint density at radius 3 is 2.54 bits per heavy atom. The Balaban J connectivity index is 1.32. The van der Waals surface area contributed by atoms with E-state index in [4.69, 9.17) is 4.74 Å². The number of rotatable bonds is 10. The summed E-state index contributed by atoms with van der Waals surface area (Å²) in [5.41, 5.74) is 6.04. The maximum atomic E-state index is 12.5. The molecular formula is C28H29N3O3S. The van der Waals surface area contributed by atoms with Crippen LogP contribution in [0.25, 0.3) is 0 Å². The maximum Gasteiger partial charge on any atom is 0.271 e. The van der Waals surface area contributed by atoms with E-state index in [1.54, 1.807) is 30.1 Å². The number of ether oxygens (including phenoxy) is 1. The zero-order chi connectivity index (χ0) is 24.5. The van der Waals surface area contributed by atoms with E-state index in [1.807, 2.05) is 71.6 Å². The lowest BCUT2D eigenvalue weighted by Gasteiger charge is -2.24. The quantitative estimate of drug-likeness (QED) is 0.236. The fourth-order valence-electron chi connectivity index (χ4n) is 3.69. The first-order chi connectivity index (χ1) is 17.1. The Hall–Kier alpha value is -3.58. The normalized spacial score (nSPS) is 15.5. The van der Waals surface area contributed by atoms with Crippen LogP contribution >= 0.6 is 11.8 Å². The van der Waals surface area contributed by atoms with Crippen LogP contribution in [-0.4, -0.2) is 35.3 Å². The lowest BCUT2D eigenvalue weighted by molar-refractivity contribution is -0.128. The first kappa shape index (κ1) is 24.5. The van der Waals surface area contributed by atoms with Gasteiger partial charge < -0.3 is 9.64 Å². The molecule has 4 rings (SSSR count). The number of amides is 2. The van der Waals surface area contributed by atoms with Crippen LogP contribution in [0.15, 0.2) is 84.0 Å². The van der Waals surface area contributed by atoms with Gasteiger partial charge >= 0.3 is 0 Å². The number of hydrazone groups is 1. The Morgan fingerprint density at radius 2 is 1.83 bits per heavy atom. The lowest BCUT2D eigenvalue weighted by Crippen LogP contribution is -2.27. The fourth-order valence-corrected chi connectivity index (χ4v) is 4.88. The number of hydrogen-bond acceptors (Lipinski definition) is 5. The van der Waals surface area contributed by atoms with Crippen LogP contribution in [0.4, 0.5) is 0 Å². The zero-order valence-corrected chi connectivity index (χ0v) is 20.5. The average molecular weight is 488 g/mol. The summed E-state index contributed by atoms with van der Waals surface area (Å²) in [7, 11) is 0. The molecule has 1 atom stereocenters. The van der Waals surface area contributed by atoms with E-state index in [1.165, 1.54) is 0 Å². The second kappa shape index (κ2) is 12.2. The summed E-state index contributed by atoms with van der Waals surface area (Å²) in [5.74, 6) is 1.12. The molecule has 0 bridgehead atoms. The standard InChI is InChI=1S/C28H29N3O3S/c1-2-3-17-34-25-15-9-21(10-16-25)18-29-30-27(33)23-11-13-24(14-12-23)28-31(26(32)20-35-28)19-22-7-5-4-6-8-22/h4-16,18,28H,2-3,17,19-20H2,1H3,(H,30,33)/b29-18-/t28-/m1/s1. The summed E-state index contributed by atoms with van der Waals surface area (Å²) < 4.78 is 5.65. The monoisotopic (exact) mass is 487 g/mol. The van der Waals surface area contributed by atoms with E-state index in [2.05, 4.69) is 17.5 Å². The molecule has 180 valence electrons. The summed E-state index contributed by atoms with van der Waals surface area (Å²) in [6.07, 6.45) is 3.73. The molecule has 3 aromatic carbocycles. The van der Waals surface area contributed by atoms with Gasteiger partial charge in [-0.1, -0.05) is 55.8 Å². The van der Waals surface area contributed by atoms with Crippen LogP contribution in [0.3, 0.4) is 0 Å². The van der Waals surface area contributed by atoms with Gasteiger partial charge in [-0.05, 0) is 59.5 Å². The molecule has 35 heavy (non-hydrogen) atoms. The van der Waals surface area contributed by atoms with Crippen molar-refractivity contribution in [2.24, 2.45) is 5.10 Å². The maximum absolute atomic E-state index is 12.5. The number of hydrogen-bond donors (Lipinski definition) is 1. The molecule has 0 aromatic heterocycles. The minimum Gasteiger partial charge on any atom is -0.494 e. The predicted octanol–water partition coefficient (Wildman–Crippen LogP) is 5.40. The summed E-state index contributed by atoms with van der Waals surface area (Å²) in [6, 6.07) is 24.9. The van der Waals surface area contributed by atoms with Crippen LogP contribution in [0.1, 0.15) is 52.2 Å². The number of carbonyl (C=O) groups excluding carboxylic acids is 2. The van der Waals surface area contributed by atoms with E-state index in [0.29, 0.717) is 24.5 Å². The van der Waals surface area contributed by atoms with E-state index in [0.717, 1.165) is 35.3 Å². The van der Waals surface area contributed by atoms with Crippen LogP contribution in [0.2, 0.25) is 0 Å². The van der Waals surface area contributed by atoms with Crippen molar-refractivity contribution in [3.8, 4) is 5.75 Å². The zero-order valence-electron chi connectivity index (χ0n) is 19.7. The van der Waals surface area contributed by atoms with E-state index < -0.39 is 0 Å². The molecule has 0 saturated carbocycles. The molecule has 3 aromatic rings. The van der Waals surface area contributed by atoms with Crippen molar-refractivity contribution in [3.05, 3.63) is 101 Å². The van der Waals surface area contributed by atoms with Crippen LogP contribution in [-0.2, 0) is 11.3 Å². The highest BCUT2D eigenvalue weighted by Gasteiger charge is 2.32. The van der Waals surface area contributed by atoms with E-state index >= 15 is 0 Å². The van der Waals surface area contributed by atoms with Gasteiger partial charge in [-0.3, -0.25) is 9.59 Å². The molecule has 1 aliphatic heterocycles. The second-order valence-electron chi connectivity index (χ2n) is 8.26. The van der Waals surface area contributed by atoms with Crippen molar-refractivity contribution >= 4 is 29.8 Å². The number of benzene rings is 3. The van der Waals surface area contributed by atoms with Crippen molar-refractivity contribution in [3.63, 3.8) is 0 Å². The topological polar surface area (TPSA) is 71.0 Å². The third-order valence-corrected chi connectivity index (χ3v) is 6.90. The minimum absolute atomic E-state index is 0.0632. The second-order valence-corrected chi connectivity index (χ2v) is 9.33. The van der Waals surface area contributed by atoms with Gasteiger partial charge in [0.15, 0.2) is 0 Å². The number of nitrogens with one attached hydrogen (secondary N) is 1. The lowest BCUT2D eigenvalue weighted by atomic mass is 10.1. The number of carbonyl (C=O) groups is 2. The number of nitrogens with zero attached hydrogens (tertiary/aromatic N) is 2. The van der Waals surface area contributed by atoms with E-state index in [9.17, 15) is 9.59 Å². The molecule has 1 heterocycles. The summed E-state index contributed by atoms with van der Waals surface area (Å²) in [5, 5.41) is 4.01. The van der Waals surface area contributed by atoms with Gasteiger partial charge in [-0.2, -0.15) is 5.10 Å². The average Bonchev–Trinajstić information content (AvgIpc) is 3.25. The highest BCUT2D eigenvalue weighted by molar-refractivity contribution is 8.00. The predicted molar refractivity (Wildman–Crippen MR) is 141 cm³/mol. The van der Waals surface area contributed by atoms with E-state index in [-0.39, 0.29) is 17.2 Å². The van der Waals surface area contributed by atoms with Gasteiger partial charge in [-0.15, -0.1) is 11.8 Å². The van der Waals surface area contributed by atoms with Gasteiger partial charge in [0.1, 0.15) is 11.1 Å². The molecule has 1 N–H and O–H groups in total. The highest BCUT2D eigenvalue weighted by atomic mass is 32.2. The molecule has 1 saturated heterocycles. The molecule has 1 fully saturated rings. The van der Waals surface area contributed by atoms with Crippen molar-refractivity contribution in [1.29, 1.82) is 0 Å². The number of unbranched alkanes of at least 4 members (excludes halogenated alkanes) is 1. The van der Waals surface area contributed by atoms with Crippen molar-refractivity contribution in [2.75, 3.05) is 12.4 Å². The highest BCUT2D eigenvalue weighted by Crippen LogP contribution is 2.39. The number of thioether (sulfide) groups is 1.